The van der Waals surface area contributed by atoms with Crippen molar-refractivity contribution in [2.75, 3.05) is 6.61 Å². The van der Waals surface area contributed by atoms with Crippen molar-refractivity contribution in [1.29, 1.82) is 0 Å². The van der Waals surface area contributed by atoms with E-state index in [1.54, 1.807) is 0 Å². The monoisotopic (exact) mass is 437 g/mol. The molecule has 1 heterocycles. The van der Waals surface area contributed by atoms with Crippen LogP contribution in [0.1, 0.15) is 31.4 Å². The molecule has 0 aliphatic heterocycles. The van der Waals surface area contributed by atoms with E-state index in [9.17, 15) is 14.7 Å². The number of nitrogens with one attached hydrogen (secondary N) is 3. The number of aromatic amines is 1. The van der Waals surface area contributed by atoms with Gasteiger partial charge in [0.05, 0.1) is 12.6 Å². The number of amides is 2. The van der Waals surface area contributed by atoms with Gasteiger partial charge in [-0.15, -0.1) is 0 Å². The van der Waals surface area contributed by atoms with E-state index in [1.165, 1.54) is 0 Å². The molecule has 0 spiro atoms. The zero-order valence-corrected chi connectivity index (χ0v) is 18.5. The second-order valence-corrected chi connectivity index (χ2v) is 8.02. The normalized spacial score (nSPS) is 13.8. The first-order valence-corrected chi connectivity index (χ1v) is 10.9. The molecule has 2 aromatic carbocycles. The molecule has 170 valence electrons. The number of aliphatic hydroxyl groups is 1. The van der Waals surface area contributed by atoms with E-state index in [1.807, 2.05) is 74.6 Å². The number of ether oxygens (including phenoxy) is 1. The summed E-state index contributed by atoms with van der Waals surface area (Å²) in [5.41, 5.74) is 2.88. The number of hydrogen-bond donors (Lipinski definition) is 4. The van der Waals surface area contributed by atoms with Crippen LogP contribution < -0.4 is 10.6 Å². The zero-order valence-electron chi connectivity index (χ0n) is 18.5. The number of H-pyrrole nitrogens is 1. The first-order valence-electron chi connectivity index (χ1n) is 10.9. The number of aliphatic hydroxyl groups excluding tert-OH is 1. The van der Waals surface area contributed by atoms with Gasteiger partial charge in [-0.3, -0.25) is 4.79 Å². The van der Waals surface area contributed by atoms with Crippen LogP contribution in [0.15, 0.2) is 60.8 Å². The second kappa shape index (κ2) is 11.3. The molecule has 0 radical (unpaired) electrons. The Hall–Kier alpha value is -3.32. The summed E-state index contributed by atoms with van der Waals surface area (Å²) >= 11 is 0. The van der Waals surface area contributed by atoms with E-state index in [4.69, 9.17) is 4.74 Å². The Morgan fingerprint density at radius 1 is 1.06 bits per heavy atom. The van der Waals surface area contributed by atoms with Crippen LogP contribution >= 0.6 is 0 Å². The van der Waals surface area contributed by atoms with Crippen LogP contribution in [0.4, 0.5) is 4.79 Å². The van der Waals surface area contributed by atoms with E-state index in [2.05, 4.69) is 15.6 Å². The molecule has 0 saturated carbocycles. The number of carbonyl (C=O) groups is 2. The summed E-state index contributed by atoms with van der Waals surface area (Å²) in [6.07, 6.45) is 2.41. The summed E-state index contributed by atoms with van der Waals surface area (Å²) in [5, 5.41) is 16.5. The summed E-state index contributed by atoms with van der Waals surface area (Å²) in [7, 11) is 0. The molecule has 4 N–H and O–H groups in total. The average Bonchev–Trinajstić information content (AvgIpc) is 3.23. The van der Waals surface area contributed by atoms with Crippen molar-refractivity contribution in [2.45, 2.75) is 45.4 Å². The fourth-order valence-corrected chi connectivity index (χ4v) is 3.61. The first-order chi connectivity index (χ1) is 15.5. The third-order valence-electron chi connectivity index (χ3n) is 5.69. The highest BCUT2D eigenvalue weighted by molar-refractivity contribution is 5.86. The van der Waals surface area contributed by atoms with Crippen molar-refractivity contribution >= 4 is 22.9 Å². The molecule has 0 aliphatic carbocycles. The molecule has 32 heavy (non-hydrogen) atoms. The van der Waals surface area contributed by atoms with E-state index < -0.39 is 18.2 Å². The molecular formula is C25H31N3O4. The Bertz CT molecular complexity index is 1020. The number of alkyl carbamates (subject to hydrolysis) is 1. The van der Waals surface area contributed by atoms with Crippen LogP contribution in [0.2, 0.25) is 0 Å². The van der Waals surface area contributed by atoms with Gasteiger partial charge in [0, 0.05) is 17.1 Å². The predicted molar refractivity (Wildman–Crippen MR) is 124 cm³/mol. The fraction of sp³-hybridized carbons (Fsp3) is 0.360. The number of para-hydroxylation sites is 1. The van der Waals surface area contributed by atoms with Crippen LogP contribution in [-0.4, -0.2) is 40.8 Å². The standard InChI is InChI=1S/C25H31N3O4/c1-3-17(2)23(28-25(31)32-16-18-9-5-4-6-10-18)24(30)27-20(15-29)13-19-14-26-22-12-8-7-11-21(19)22/h4-12,14,17,20,23,26,29H,3,13,15-16H2,1-2H3,(H,27,30)(H,28,31)/t17?,20-,23-/m0/s1. The number of benzene rings is 2. The smallest absolute Gasteiger partial charge is 0.408 e. The van der Waals surface area contributed by atoms with Crippen LogP contribution in [0.3, 0.4) is 0 Å². The third kappa shape index (κ3) is 6.11. The minimum atomic E-state index is -0.764. The molecule has 3 atom stereocenters. The van der Waals surface area contributed by atoms with E-state index in [-0.39, 0.29) is 25.0 Å². The number of aromatic nitrogens is 1. The number of rotatable bonds is 10. The van der Waals surface area contributed by atoms with Gasteiger partial charge in [0.15, 0.2) is 0 Å². The maximum absolute atomic E-state index is 13.0. The van der Waals surface area contributed by atoms with Gasteiger partial charge in [-0.25, -0.2) is 4.79 Å². The number of fused-ring (bicyclic) bond motifs is 1. The van der Waals surface area contributed by atoms with Crippen molar-refractivity contribution in [3.05, 3.63) is 71.9 Å². The summed E-state index contributed by atoms with van der Waals surface area (Å²) in [6.45, 7) is 3.77. The molecule has 1 unspecified atom stereocenters. The lowest BCUT2D eigenvalue weighted by atomic mass is 9.97. The molecule has 1 aromatic heterocycles. The van der Waals surface area contributed by atoms with E-state index in [0.717, 1.165) is 22.0 Å². The number of hydrogen-bond acceptors (Lipinski definition) is 4. The third-order valence-corrected chi connectivity index (χ3v) is 5.69. The molecule has 2 amide bonds. The molecule has 0 bridgehead atoms. The van der Waals surface area contributed by atoms with Gasteiger partial charge in [-0.05, 0) is 29.5 Å². The van der Waals surface area contributed by atoms with Crippen molar-refractivity contribution < 1.29 is 19.4 Å². The van der Waals surface area contributed by atoms with E-state index >= 15 is 0 Å². The molecule has 0 aliphatic rings. The number of carbonyl (C=O) groups excluding carboxylic acids is 2. The molecule has 7 heteroatoms. The van der Waals surface area contributed by atoms with Gasteiger partial charge in [-0.1, -0.05) is 68.8 Å². The topological polar surface area (TPSA) is 103 Å². The minimum absolute atomic E-state index is 0.105. The quantitative estimate of drug-likeness (QED) is 0.390. The maximum Gasteiger partial charge on any atom is 0.408 e. The average molecular weight is 438 g/mol. The molecule has 0 saturated heterocycles. The summed E-state index contributed by atoms with van der Waals surface area (Å²) < 4.78 is 5.28. The molecule has 3 rings (SSSR count). The van der Waals surface area contributed by atoms with Crippen molar-refractivity contribution in [3.8, 4) is 0 Å². The van der Waals surface area contributed by atoms with Gasteiger partial charge in [0.1, 0.15) is 12.6 Å². The van der Waals surface area contributed by atoms with Crippen LogP contribution in [0, 0.1) is 5.92 Å². The Morgan fingerprint density at radius 2 is 1.78 bits per heavy atom. The second-order valence-electron chi connectivity index (χ2n) is 8.02. The molecule has 7 nitrogen and oxygen atoms in total. The molecule has 3 aromatic rings. The Kier molecular flexibility index (Phi) is 8.27. The van der Waals surface area contributed by atoms with E-state index in [0.29, 0.717) is 12.8 Å². The highest BCUT2D eigenvalue weighted by atomic mass is 16.5. The largest absolute Gasteiger partial charge is 0.445 e. The Morgan fingerprint density at radius 3 is 2.50 bits per heavy atom. The van der Waals surface area contributed by atoms with Crippen molar-refractivity contribution in [2.24, 2.45) is 5.92 Å². The summed E-state index contributed by atoms with van der Waals surface area (Å²) in [5.74, 6) is -0.443. The SMILES string of the molecule is CCC(C)[C@H](NC(=O)OCc1ccccc1)C(=O)N[C@H](CO)Cc1c[nH]c2ccccc12. The lowest BCUT2D eigenvalue weighted by molar-refractivity contribution is -0.125. The molecular weight excluding hydrogens is 406 g/mol. The highest BCUT2D eigenvalue weighted by Crippen LogP contribution is 2.19. The van der Waals surface area contributed by atoms with Crippen LogP contribution in [0.25, 0.3) is 10.9 Å². The Balaban J connectivity index is 1.61. The van der Waals surface area contributed by atoms with Crippen LogP contribution in [-0.2, 0) is 22.6 Å². The van der Waals surface area contributed by atoms with Crippen molar-refractivity contribution in [3.63, 3.8) is 0 Å². The maximum atomic E-state index is 13.0. The van der Waals surface area contributed by atoms with Gasteiger partial charge in [0.2, 0.25) is 5.91 Å². The van der Waals surface area contributed by atoms with Gasteiger partial charge < -0.3 is 25.5 Å². The summed E-state index contributed by atoms with van der Waals surface area (Å²) in [6, 6.07) is 16.0. The fourth-order valence-electron chi connectivity index (χ4n) is 3.61. The predicted octanol–water partition coefficient (Wildman–Crippen LogP) is 3.53. The Labute approximate surface area is 188 Å². The summed E-state index contributed by atoms with van der Waals surface area (Å²) in [4.78, 5) is 28.6. The van der Waals surface area contributed by atoms with Gasteiger partial charge in [0.25, 0.3) is 0 Å². The van der Waals surface area contributed by atoms with Gasteiger partial charge >= 0.3 is 6.09 Å². The first kappa shape index (κ1) is 23.3. The molecule has 0 fully saturated rings. The van der Waals surface area contributed by atoms with Crippen molar-refractivity contribution in [1.82, 2.24) is 15.6 Å². The van der Waals surface area contributed by atoms with Crippen LogP contribution in [0.5, 0.6) is 0 Å². The lowest BCUT2D eigenvalue weighted by Gasteiger charge is -2.26. The van der Waals surface area contributed by atoms with Gasteiger partial charge in [-0.2, -0.15) is 0 Å². The minimum Gasteiger partial charge on any atom is -0.445 e. The zero-order chi connectivity index (χ0) is 22.9. The lowest BCUT2D eigenvalue weighted by Crippen LogP contribution is -2.53. The highest BCUT2D eigenvalue weighted by Gasteiger charge is 2.28.